The van der Waals surface area contributed by atoms with Crippen LogP contribution in [0.15, 0.2) is 33.4 Å². The van der Waals surface area contributed by atoms with Crippen LogP contribution in [-0.2, 0) is 6.42 Å². The third-order valence-electron chi connectivity index (χ3n) is 1.72. The number of furan rings is 1. The minimum absolute atomic E-state index is 0.574. The van der Waals surface area contributed by atoms with E-state index >= 15 is 0 Å². The van der Waals surface area contributed by atoms with Gasteiger partial charge in [-0.2, -0.15) is 0 Å². The monoisotopic (exact) mass is 178 g/mol. The van der Waals surface area contributed by atoms with E-state index in [2.05, 4.69) is 5.16 Å². The first-order valence-electron chi connectivity index (χ1n) is 4.09. The summed E-state index contributed by atoms with van der Waals surface area (Å²) in [5.74, 6) is 1.34. The standard InChI is InChI=1S/C9H10N2O2/c10-4-3-7-6-9(13-11-7)8-2-1-5-12-8/h1-2,5-6H,3-4,10H2. The highest BCUT2D eigenvalue weighted by atomic mass is 16.5. The fraction of sp³-hybridized carbons (Fsp3) is 0.222. The number of hydrogen-bond acceptors (Lipinski definition) is 4. The fourth-order valence-electron chi connectivity index (χ4n) is 1.11. The van der Waals surface area contributed by atoms with Crippen LogP contribution in [-0.4, -0.2) is 11.7 Å². The van der Waals surface area contributed by atoms with Gasteiger partial charge in [0.25, 0.3) is 0 Å². The van der Waals surface area contributed by atoms with Crippen LogP contribution in [0.2, 0.25) is 0 Å². The molecule has 2 heterocycles. The second-order valence-corrected chi connectivity index (χ2v) is 2.70. The Morgan fingerprint density at radius 3 is 3.00 bits per heavy atom. The van der Waals surface area contributed by atoms with E-state index in [4.69, 9.17) is 14.7 Å². The highest BCUT2D eigenvalue weighted by molar-refractivity contribution is 5.49. The number of nitrogens with two attached hydrogens (primary N) is 1. The maximum Gasteiger partial charge on any atom is 0.202 e. The first kappa shape index (κ1) is 8.07. The molecule has 0 spiro atoms. The largest absolute Gasteiger partial charge is 0.461 e. The Hall–Kier alpha value is -1.55. The average molecular weight is 178 g/mol. The average Bonchev–Trinajstić information content (AvgIpc) is 2.70. The van der Waals surface area contributed by atoms with Crippen LogP contribution in [0.3, 0.4) is 0 Å². The Kier molecular flexibility index (Phi) is 2.14. The molecule has 0 unspecified atom stereocenters. The van der Waals surface area contributed by atoms with E-state index in [-0.39, 0.29) is 0 Å². The van der Waals surface area contributed by atoms with Gasteiger partial charge in [0.2, 0.25) is 5.76 Å². The molecule has 2 aromatic heterocycles. The Balaban J connectivity index is 2.23. The SMILES string of the molecule is NCCc1cc(-c2ccco2)on1. The van der Waals surface area contributed by atoms with E-state index in [0.29, 0.717) is 18.1 Å². The number of rotatable bonds is 3. The van der Waals surface area contributed by atoms with Crippen LogP contribution in [0, 0.1) is 0 Å². The van der Waals surface area contributed by atoms with Crippen LogP contribution >= 0.6 is 0 Å². The Bertz CT molecular complexity index is 365. The Labute approximate surface area is 75.3 Å². The lowest BCUT2D eigenvalue weighted by Crippen LogP contribution is -2.02. The molecule has 0 saturated carbocycles. The van der Waals surface area contributed by atoms with Gasteiger partial charge in [0, 0.05) is 12.5 Å². The van der Waals surface area contributed by atoms with E-state index in [1.165, 1.54) is 0 Å². The molecule has 13 heavy (non-hydrogen) atoms. The third-order valence-corrected chi connectivity index (χ3v) is 1.72. The van der Waals surface area contributed by atoms with Crippen LogP contribution in [0.4, 0.5) is 0 Å². The van der Waals surface area contributed by atoms with Gasteiger partial charge in [-0.3, -0.25) is 0 Å². The highest BCUT2D eigenvalue weighted by Gasteiger charge is 2.07. The van der Waals surface area contributed by atoms with Gasteiger partial charge in [-0.1, -0.05) is 5.16 Å². The molecule has 0 aliphatic carbocycles. The molecule has 68 valence electrons. The van der Waals surface area contributed by atoms with Crippen molar-refractivity contribution in [3.05, 3.63) is 30.2 Å². The summed E-state index contributed by atoms with van der Waals surface area (Å²) < 4.78 is 10.2. The zero-order chi connectivity index (χ0) is 9.10. The van der Waals surface area contributed by atoms with Gasteiger partial charge >= 0.3 is 0 Å². The van der Waals surface area contributed by atoms with Crippen LogP contribution < -0.4 is 5.73 Å². The predicted molar refractivity (Wildman–Crippen MR) is 47.0 cm³/mol. The van der Waals surface area contributed by atoms with Crippen LogP contribution in [0.1, 0.15) is 5.69 Å². The molecule has 0 bridgehead atoms. The molecular formula is C9H10N2O2. The number of hydrogen-bond donors (Lipinski definition) is 1. The van der Waals surface area contributed by atoms with Crippen molar-refractivity contribution < 1.29 is 8.94 Å². The van der Waals surface area contributed by atoms with Gasteiger partial charge in [0.15, 0.2) is 5.76 Å². The third kappa shape index (κ3) is 1.62. The van der Waals surface area contributed by atoms with Crippen molar-refractivity contribution in [3.63, 3.8) is 0 Å². The normalized spacial score (nSPS) is 10.5. The molecule has 2 rings (SSSR count). The Morgan fingerprint density at radius 2 is 2.31 bits per heavy atom. The van der Waals surface area contributed by atoms with Gasteiger partial charge in [0.1, 0.15) is 0 Å². The molecule has 4 nitrogen and oxygen atoms in total. The van der Waals surface area contributed by atoms with Crippen molar-refractivity contribution in [1.82, 2.24) is 5.16 Å². The van der Waals surface area contributed by atoms with Crippen molar-refractivity contribution in [2.45, 2.75) is 6.42 Å². The topological polar surface area (TPSA) is 65.2 Å². The molecule has 0 aliphatic rings. The summed E-state index contributed by atoms with van der Waals surface area (Å²) >= 11 is 0. The highest BCUT2D eigenvalue weighted by Crippen LogP contribution is 2.20. The van der Waals surface area contributed by atoms with Crippen molar-refractivity contribution in [1.29, 1.82) is 0 Å². The summed E-state index contributed by atoms with van der Waals surface area (Å²) in [5, 5.41) is 3.85. The van der Waals surface area contributed by atoms with E-state index < -0.39 is 0 Å². The lowest BCUT2D eigenvalue weighted by Gasteiger charge is -1.84. The molecule has 4 heteroatoms. The zero-order valence-electron chi connectivity index (χ0n) is 7.06. The van der Waals surface area contributed by atoms with E-state index in [1.54, 1.807) is 12.3 Å². The van der Waals surface area contributed by atoms with E-state index in [9.17, 15) is 0 Å². The van der Waals surface area contributed by atoms with Crippen molar-refractivity contribution in [3.8, 4) is 11.5 Å². The van der Waals surface area contributed by atoms with Crippen molar-refractivity contribution in [2.75, 3.05) is 6.54 Å². The summed E-state index contributed by atoms with van der Waals surface area (Å²) in [6, 6.07) is 5.47. The molecule has 0 amide bonds. The predicted octanol–water partition coefficient (Wildman–Crippen LogP) is 1.44. The molecule has 0 saturated heterocycles. The maximum atomic E-state index is 5.38. The van der Waals surface area contributed by atoms with Gasteiger partial charge in [-0.05, 0) is 18.7 Å². The lowest BCUT2D eigenvalue weighted by atomic mass is 10.2. The molecule has 0 aliphatic heterocycles. The van der Waals surface area contributed by atoms with Gasteiger partial charge in [0.05, 0.1) is 12.0 Å². The number of aromatic nitrogens is 1. The van der Waals surface area contributed by atoms with Crippen molar-refractivity contribution >= 4 is 0 Å². The number of nitrogens with zero attached hydrogens (tertiary/aromatic N) is 1. The van der Waals surface area contributed by atoms with E-state index in [0.717, 1.165) is 12.1 Å². The molecule has 2 aromatic rings. The fourth-order valence-corrected chi connectivity index (χ4v) is 1.11. The first-order valence-corrected chi connectivity index (χ1v) is 4.09. The summed E-state index contributed by atoms with van der Waals surface area (Å²) in [6.45, 7) is 0.574. The van der Waals surface area contributed by atoms with E-state index in [1.807, 2.05) is 12.1 Å². The molecule has 2 N–H and O–H groups in total. The molecule has 0 radical (unpaired) electrons. The summed E-state index contributed by atoms with van der Waals surface area (Å²) in [7, 11) is 0. The minimum atomic E-state index is 0.574. The summed E-state index contributed by atoms with van der Waals surface area (Å²) in [6.07, 6.45) is 2.32. The molecule has 0 fully saturated rings. The van der Waals surface area contributed by atoms with Gasteiger partial charge < -0.3 is 14.7 Å². The smallest absolute Gasteiger partial charge is 0.202 e. The zero-order valence-corrected chi connectivity index (χ0v) is 7.06. The second-order valence-electron chi connectivity index (χ2n) is 2.70. The quantitative estimate of drug-likeness (QED) is 0.772. The molecule has 0 atom stereocenters. The van der Waals surface area contributed by atoms with Gasteiger partial charge in [-0.25, -0.2) is 0 Å². The second kappa shape index (κ2) is 3.45. The van der Waals surface area contributed by atoms with Crippen LogP contribution in [0.5, 0.6) is 0 Å². The lowest BCUT2D eigenvalue weighted by molar-refractivity contribution is 0.411. The maximum absolute atomic E-state index is 5.38. The van der Waals surface area contributed by atoms with Crippen molar-refractivity contribution in [2.24, 2.45) is 5.73 Å². The molecular weight excluding hydrogens is 168 g/mol. The Morgan fingerprint density at radius 1 is 1.38 bits per heavy atom. The summed E-state index contributed by atoms with van der Waals surface area (Å²) in [5.41, 5.74) is 6.24. The molecule has 0 aromatic carbocycles. The minimum Gasteiger partial charge on any atom is -0.461 e. The first-order chi connectivity index (χ1) is 6.40. The summed E-state index contributed by atoms with van der Waals surface area (Å²) in [4.78, 5) is 0. The van der Waals surface area contributed by atoms with Gasteiger partial charge in [-0.15, -0.1) is 0 Å². The van der Waals surface area contributed by atoms with Crippen LogP contribution in [0.25, 0.3) is 11.5 Å².